The Morgan fingerprint density at radius 3 is 2.80 bits per heavy atom. The highest BCUT2D eigenvalue weighted by atomic mass is 32.1. The van der Waals surface area contributed by atoms with Gasteiger partial charge < -0.3 is 15.2 Å². The Hall–Kier alpha value is -3.16. The number of nitriles is 1. The molecule has 1 aliphatic carbocycles. The van der Waals surface area contributed by atoms with Gasteiger partial charge in [0.05, 0.1) is 31.8 Å². The zero-order valence-electron chi connectivity index (χ0n) is 16.4. The number of Topliss-reactive ketones (excluding diaryl/α,β-unsaturated/α-hetero) is 1. The predicted octanol–water partition coefficient (Wildman–Crippen LogP) is 3.52. The monoisotopic (exact) mass is 441 g/mol. The normalized spacial score (nSPS) is 18.9. The lowest BCUT2D eigenvalue weighted by Crippen LogP contribution is -2.38. The minimum atomic E-state index is -0.647. The van der Waals surface area contributed by atoms with Crippen LogP contribution in [0.2, 0.25) is 0 Å². The van der Waals surface area contributed by atoms with Crippen LogP contribution in [0.5, 0.6) is 11.5 Å². The average Bonchev–Trinajstić information content (AvgIpc) is 3.18. The van der Waals surface area contributed by atoms with E-state index in [0.717, 1.165) is 5.70 Å². The Morgan fingerprint density at radius 2 is 2.17 bits per heavy atom. The fraction of sp³-hybridized carbons (Fsp3) is 0.300. The Morgan fingerprint density at radius 1 is 1.37 bits per heavy atom. The van der Waals surface area contributed by atoms with Crippen molar-refractivity contribution < 1.29 is 14.3 Å². The second-order valence-corrected chi connectivity index (χ2v) is 8.46. The fourth-order valence-electron chi connectivity index (χ4n) is 4.00. The third kappa shape index (κ3) is 3.16. The SMILES string of the molecule is COc1ccc(OC)c(C2C(C#N)=C(N)N(c3n[nH]c(=S)s3)C3=C2C(=O)CCC3)c1. The smallest absolute Gasteiger partial charge is 0.216 e. The van der Waals surface area contributed by atoms with Gasteiger partial charge in [-0.3, -0.25) is 14.8 Å². The van der Waals surface area contributed by atoms with Gasteiger partial charge >= 0.3 is 0 Å². The molecule has 2 aromatic rings. The first-order valence-electron chi connectivity index (χ1n) is 9.23. The number of methoxy groups -OCH3 is 2. The molecular formula is C20H19N5O3S2. The van der Waals surface area contributed by atoms with E-state index in [1.165, 1.54) is 11.3 Å². The first-order chi connectivity index (χ1) is 14.5. The molecule has 4 rings (SSSR count). The molecule has 10 heteroatoms. The van der Waals surface area contributed by atoms with Crippen LogP contribution in [0, 0.1) is 15.3 Å². The van der Waals surface area contributed by atoms with Gasteiger partial charge in [0.25, 0.3) is 0 Å². The number of nitrogens with one attached hydrogen (secondary N) is 1. The van der Waals surface area contributed by atoms with E-state index in [1.54, 1.807) is 37.3 Å². The number of carbonyl (C=O) groups is 1. The highest BCUT2D eigenvalue weighted by molar-refractivity contribution is 7.73. The van der Waals surface area contributed by atoms with E-state index in [2.05, 4.69) is 16.3 Å². The van der Waals surface area contributed by atoms with Crippen molar-refractivity contribution in [3.8, 4) is 17.6 Å². The molecule has 154 valence electrons. The second-order valence-electron chi connectivity index (χ2n) is 6.82. The van der Waals surface area contributed by atoms with Crippen molar-refractivity contribution in [2.24, 2.45) is 5.73 Å². The van der Waals surface area contributed by atoms with Crippen LogP contribution < -0.4 is 20.1 Å². The number of allylic oxidation sites excluding steroid dienone is 3. The standard InChI is InChI=1S/C20H19N5O3S2/c1-27-10-6-7-15(28-2)11(8-10)16-12(9-21)18(22)25(19-23-24-20(29)30-19)13-4-3-5-14(26)17(13)16/h6-8,16H,3-5,22H2,1-2H3,(H,24,29). The summed E-state index contributed by atoms with van der Waals surface area (Å²) in [6, 6.07) is 7.54. The molecule has 8 nitrogen and oxygen atoms in total. The quantitative estimate of drug-likeness (QED) is 0.692. The van der Waals surface area contributed by atoms with Crippen molar-refractivity contribution in [3.63, 3.8) is 0 Å². The minimum Gasteiger partial charge on any atom is -0.497 e. The number of carbonyl (C=O) groups excluding carboxylic acids is 1. The summed E-state index contributed by atoms with van der Waals surface area (Å²) in [5.74, 6) is 0.718. The molecule has 2 aliphatic rings. The van der Waals surface area contributed by atoms with Crippen molar-refractivity contribution >= 4 is 34.5 Å². The summed E-state index contributed by atoms with van der Waals surface area (Å²) in [4.78, 5) is 14.8. The predicted molar refractivity (Wildman–Crippen MR) is 115 cm³/mol. The van der Waals surface area contributed by atoms with E-state index in [-0.39, 0.29) is 17.2 Å². The maximum Gasteiger partial charge on any atom is 0.216 e. The molecule has 0 fully saturated rings. The number of ketones is 1. The van der Waals surface area contributed by atoms with Crippen LogP contribution in [0.3, 0.4) is 0 Å². The molecule has 0 spiro atoms. The van der Waals surface area contributed by atoms with Crippen molar-refractivity contribution in [1.29, 1.82) is 5.26 Å². The lowest BCUT2D eigenvalue weighted by Gasteiger charge is -2.38. The number of nitrogens with zero attached hydrogens (tertiary/aromatic N) is 3. The highest BCUT2D eigenvalue weighted by Gasteiger charge is 2.42. The molecule has 3 N–H and O–H groups in total. The van der Waals surface area contributed by atoms with Crippen molar-refractivity contribution in [2.45, 2.75) is 25.2 Å². The molecule has 1 aromatic heterocycles. The van der Waals surface area contributed by atoms with Crippen LogP contribution >= 0.6 is 23.6 Å². The molecule has 0 bridgehead atoms. The summed E-state index contributed by atoms with van der Waals surface area (Å²) in [7, 11) is 3.11. The Labute approximate surface area is 182 Å². The minimum absolute atomic E-state index is 0.0181. The Kier molecular flexibility index (Phi) is 5.32. The van der Waals surface area contributed by atoms with E-state index in [9.17, 15) is 10.1 Å². The van der Waals surface area contributed by atoms with Crippen molar-refractivity contribution in [1.82, 2.24) is 10.2 Å². The lowest BCUT2D eigenvalue weighted by atomic mass is 9.75. The summed E-state index contributed by atoms with van der Waals surface area (Å²) < 4.78 is 11.4. The molecule has 0 saturated heterocycles. The number of hydrogen-bond donors (Lipinski definition) is 2. The number of ether oxygens (including phenoxy) is 2. The number of rotatable bonds is 4. The molecule has 1 unspecified atom stereocenters. The van der Waals surface area contributed by atoms with Gasteiger partial charge in [-0.2, -0.15) is 5.26 Å². The van der Waals surface area contributed by atoms with Gasteiger partial charge in [0.15, 0.2) is 9.74 Å². The van der Waals surface area contributed by atoms with Crippen LogP contribution in [0.25, 0.3) is 0 Å². The number of hydrogen-bond acceptors (Lipinski definition) is 9. The van der Waals surface area contributed by atoms with E-state index < -0.39 is 5.92 Å². The van der Waals surface area contributed by atoms with E-state index in [0.29, 0.717) is 51.0 Å². The van der Waals surface area contributed by atoms with Gasteiger partial charge in [-0.25, -0.2) is 0 Å². The van der Waals surface area contributed by atoms with E-state index in [1.807, 2.05) is 0 Å². The summed E-state index contributed by atoms with van der Waals surface area (Å²) in [5, 5.41) is 17.5. The molecular weight excluding hydrogens is 422 g/mol. The molecule has 0 saturated carbocycles. The Bertz CT molecular complexity index is 1190. The first-order valence-corrected chi connectivity index (χ1v) is 10.5. The molecule has 1 aromatic carbocycles. The van der Waals surface area contributed by atoms with Gasteiger partial charge in [-0.1, -0.05) is 11.3 Å². The molecule has 1 aliphatic heterocycles. The molecule has 0 radical (unpaired) electrons. The van der Waals surface area contributed by atoms with Crippen LogP contribution in [0.4, 0.5) is 5.13 Å². The number of aromatic nitrogens is 2. The topological polar surface area (TPSA) is 117 Å². The van der Waals surface area contributed by atoms with Gasteiger partial charge in [-0.05, 0) is 43.3 Å². The number of anilines is 1. The fourth-order valence-corrected chi connectivity index (χ4v) is 4.92. The summed E-state index contributed by atoms with van der Waals surface area (Å²) >= 11 is 6.41. The third-order valence-electron chi connectivity index (χ3n) is 5.28. The van der Waals surface area contributed by atoms with Gasteiger partial charge in [0, 0.05) is 23.3 Å². The number of H-pyrrole nitrogens is 1. The second kappa shape index (κ2) is 7.93. The molecule has 30 heavy (non-hydrogen) atoms. The summed E-state index contributed by atoms with van der Waals surface area (Å²) in [5.41, 5.74) is 8.71. The number of aromatic amines is 1. The molecule has 0 amide bonds. The largest absolute Gasteiger partial charge is 0.497 e. The van der Waals surface area contributed by atoms with Gasteiger partial charge in [0.1, 0.15) is 17.3 Å². The summed E-state index contributed by atoms with van der Waals surface area (Å²) in [6.45, 7) is 0. The molecule has 1 atom stereocenters. The zero-order chi connectivity index (χ0) is 21.4. The van der Waals surface area contributed by atoms with Crippen molar-refractivity contribution in [2.75, 3.05) is 19.1 Å². The Balaban J connectivity index is 2.01. The van der Waals surface area contributed by atoms with Crippen LogP contribution in [-0.4, -0.2) is 30.2 Å². The summed E-state index contributed by atoms with van der Waals surface area (Å²) in [6.07, 6.45) is 1.74. The number of benzene rings is 1. The highest BCUT2D eigenvalue weighted by Crippen LogP contribution is 2.48. The zero-order valence-corrected chi connectivity index (χ0v) is 18.0. The van der Waals surface area contributed by atoms with E-state index >= 15 is 0 Å². The van der Waals surface area contributed by atoms with Crippen LogP contribution in [0.15, 0.2) is 40.9 Å². The lowest BCUT2D eigenvalue weighted by molar-refractivity contribution is -0.116. The van der Waals surface area contributed by atoms with Gasteiger partial charge in [0.2, 0.25) is 5.13 Å². The van der Waals surface area contributed by atoms with Crippen molar-refractivity contribution in [3.05, 3.63) is 50.4 Å². The average molecular weight is 442 g/mol. The first kappa shape index (κ1) is 20.1. The van der Waals surface area contributed by atoms with Crippen LogP contribution in [-0.2, 0) is 4.79 Å². The third-order valence-corrected chi connectivity index (χ3v) is 6.35. The maximum atomic E-state index is 13.1. The van der Waals surface area contributed by atoms with Gasteiger partial charge in [-0.15, -0.1) is 5.10 Å². The number of nitrogens with two attached hydrogens (primary N) is 1. The maximum absolute atomic E-state index is 13.1. The van der Waals surface area contributed by atoms with E-state index in [4.69, 9.17) is 27.4 Å². The molecule has 2 heterocycles. The van der Waals surface area contributed by atoms with Crippen LogP contribution in [0.1, 0.15) is 30.7 Å².